The normalized spacial score (nSPS) is 11.2. The van der Waals surface area contributed by atoms with Gasteiger partial charge in [0.15, 0.2) is 4.96 Å². The second-order valence-corrected chi connectivity index (χ2v) is 6.96. The number of para-hydroxylation sites is 1. The molecule has 0 radical (unpaired) electrons. The van der Waals surface area contributed by atoms with Gasteiger partial charge in [0.05, 0.1) is 11.4 Å². The first kappa shape index (κ1) is 15.1. The highest BCUT2D eigenvalue weighted by molar-refractivity contribution is 7.98. The first-order valence-electron chi connectivity index (χ1n) is 7.27. The number of aryl methyl sites for hydroxylation is 1. The molecule has 8 heteroatoms. The van der Waals surface area contributed by atoms with Crippen molar-refractivity contribution < 1.29 is 0 Å². The second kappa shape index (κ2) is 6.21. The summed E-state index contributed by atoms with van der Waals surface area (Å²) in [6, 6.07) is 11.4. The zero-order valence-electron chi connectivity index (χ0n) is 12.8. The monoisotopic (exact) mass is 355 g/mol. The van der Waals surface area contributed by atoms with Crippen LogP contribution >= 0.6 is 23.1 Å². The van der Waals surface area contributed by atoms with Crippen molar-refractivity contribution >= 4 is 28.1 Å². The lowest BCUT2D eigenvalue weighted by atomic mass is 10.3. The summed E-state index contributed by atoms with van der Waals surface area (Å²) in [6.07, 6.45) is 1.69. The van der Waals surface area contributed by atoms with E-state index in [1.807, 2.05) is 42.6 Å². The van der Waals surface area contributed by atoms with Crippen molar-refractivity contribution in [2.45, 2.75) is 17.8 Å². The quantitative estimate of drug-likeness (QED) is 0.527. The predicted octanol–water partition coefficient (Wildman–Crippen LogP) is 2.94. The largest absolute Gasteiger partial charge is 0.269 e. The molecule has 3 heterocycles. The number of thioether (sulfide) groups is 1. The molecule has 0 aliphatic carbocycles. The van der Waals surface area contributed by atoms with E-state index in [4.69, 9.17) is 0 Å². The van der Waals surface area contributed by atoms with Gasteiger partial charge in [-0.3, -0.25) is 9.20 Å². The zero-order chi connectivity index (χ0) is 16.5. The van der Waals surface area contributed by atoms with E-state index in [1.165, 1.54) is 23.1 Å². The molecule has 3 aromatic heterocycles. The van der Waals surface area contributed by atoms with E-state index in [0.29, 0.717) is 10.9 Å². The molecule has 0 N–H and O–H groups in total. The average molecular weight is 355 g/mol. The zero-order valence-corrected chi connectivity index (χ0v) is 14.4. The van der Waals surface area contributed by atoms with E-state index >= 15 is 0 Å². The summed E-state index contributed by atoms with van der Waals surface area (Å²) in [7, 11) is 0. The molecule has 0 unspecified atom stereocenters. The predicted molar refractivity (Wildman–Crippen MR) is 95.0 cm³/mol. The van der Waals surface area contributed by atoms with Gasteiger partial charge < -0.3 is 0 Å². The van der Waals surface area contributed by atoms with E-state index in [9.17, 15) is 4.79 Å². The van der Waals surface area contributed by atoms with E-state index in [2.05, 4.69) is 15.1 Å². The molecule has 4 rings (SSSR count). The van der Waals surface area contributed by atoms with Crippen LogP contribution in [-0.2, 0) is 5.75 Å². The first-order chi connectivity index (χ1) is 11.7. The van der Waals surface area contributed by atoms with Crippen LogP contribution in [0, 0.1) is 6.92 Å². The van der Waals surface area contributed by atoms with E-state index in [1.54, 1.807) is 21.5 Å². The highest BCUT2D eigenvalue weighted by Crippen LogP contribution is 2.19. The van der Waals surface area contributed by atoms with Gasteiger partial charge in [0.25, 0.3) is 5.56 Å². The maximum absolute atomic E-state index is 12.2. The number of rotatable bonds is 4. The van der Waals surface area contributed by atoms with Crippen molar-refractivity contribution in [1.82, 2.24) is 24.1 Å². The van der Waals surface area contributed by atoms with Crippen molar-refractivity contribution in [3.63, 3.8) is 0 Å². The number of hydrogen-bond acceptors (Lipinski definition) is 6. The highest BCUT2D eigenvalue weighted by Gasteiger charge is 2.09. The van der Waals surface area contributed by atoms with E-state index in [0.717, 1.165) is 22.0 Å². The Morgan fingerprint density at radius 3 is 2.92 bits per heavy atom. The molecular weight excluding hydrogens is 342 g/mol. The van der Waals surface area contributed by atoms with Crippen LogP contribution in [0.4, 0.5) is 0 Å². The van der Waals surface area contributed by atoms with Crippen molar-refractivity contribution in [2.24, 2.45) is 0 Å². The van der Waals surface area contributed by atoms with Crippen LogP contribution in [0.25, 0.3) is 10.6 Å². The van der Waals surface area contributed by atoms with Gasteiger partial charge in [0.1, 0.15) is 6.33 Å². The van der Waals surface area contributed by atoms with Crippen molar-refractivity contribution in [2.75, 3.05) is 0 Å². The van der Waals surface area contributed by atoms with E-state index < -0.39 is 0 Å². The lowest BCUT2D eigenvalue weighted by Gasteiger charge is -2.00. The van der Waals surface area contributed by atoms with Crippen LogP contribution < -0.4 is 5.56 Å². The fourth-order valence-corrected chi connectivity index (χ4v) is 3.92. The maximum atomic E-state index is 12.2. The minimum absolute atomic E-state index is 0.0443. The molecule has 6 nitrogen and oxygen atoms in total. The number of thiazole rings is 1. The van der Waals surface area contributed by atoms with Crippen LogP contribution in [0.5, 0.6) is 0 Å². The Bertz CT molecular complexity index is 1050. The molecule has 4 aromatic rings. The van der Waals surface area contributed by atoms with Gasteiger partial charge in [0, 0.05) is 22.9 Å². The summed E-state index contributed by atoms with van der Waals surface area (Å²) < 4.78 is 3.36. The lowest BCUT2D eigenvalue weighted by Crippen LogP contribution is -2.14. The Morgan fingerprint density at radius 2 is 2.08 bits per heavy atom. The Balaban J connectivity index is 1.53. The fraction of sp³-hybridized carbons (Fsp3) is 0.125. The lowest BCUT2D eigenvalue weighted by molar-refractivity contribution is 0.834. The maximum Gasteiger partial charge on any atom is 0.258 e. The molecule has 0 aliphatic heterocycles. The summed E-state index contributed by atoms with van der Waals surface area (Å²) in [4.78, 5) is 21.7. The van der Waals surface area contributed by atoms with Crippen LogP contribution in [0.2, 0.25) is 0 Å². The SMILES string of the molecule is Cc1csc2nc(CSc3ncn(-c4ccccc4)n3)cc(=O)n12. The standard InChI is InChI=1S/C16H13N5OS2/c1-11-8-24-16-18-12(7-14(22)21(11)16)9-23-15-17-10-20(19-15)13-5-3-2-4-6-13/h2-8,10H,9H2,1H3. The number of fused-ring (bicyclic) bond motifs is 1. The van der Waals surface area contributed by atoms with Gasteiger partial charge in [-0.1, -0.05) is 30.0 Å². The molecule has 0 amide bonds. The first-order valence-corrected chi connectivity index (χ1v) is 9.14. The van der Waals surface area contributed by atoms with Crippen molar-refractivity contribution in [1.29, 1.82) is 0 Å². The molecular formula is C16H13N5OS2. The number of benzene rings is 1. The molecule has 0 atom stereocenters. The molecule has 24 heavy (non-hydrogen) atoms. The average Bonchev–Trinajstić information content (AvgIpc) is 3.21. The summed E-state index contributed by atoms with van der Waals surface area (Å²) in [5.74, 6) is 0.557. The second-order valence-electron chi connectivity index (χ2n) is 5.18. The van der Waals surface area contributed by atoms with Crippen molar-refractivity contribution in [3.8, 4) is 5.69 Å². The summed E-state index contributed by atoms with van der Waals surface area (Å²) in [5.41, 5.74) is 2.57. The number of aromatic nitrogens is 5. The molecule has 0 bridgehead atoms. The third-order valence-electron chi connectivity index (χ3n) is 3.47. The molecule has 0 spiro atoms. The van der Waals surface area contributed by atoms with Crippen LogP contribution in [-0.4, -0.2) is 24.1 Å². The topological polar surface area (TPSA) is 65.1 Å². The summed E-state index contributed by atoms with van der Waals surface area (Å²) in [6.45, 7) is 1.90. The Hall–Kier alpha value is -2.45. The number of nitrogens with zero attached hydrogens (tertiary/aromatic N) is 5. The van der Waals surface area contributed by atoms with Gasteiger partial charge in [-0.15, -0.1) is 16.4 Å². The molecule has 0 saturated carbocycles. The molecule has 0 aliphatic rings. The van der Waals surface area contributed by atoms with Crippen LogP contribution in [0.1, 0.15) is 11.4 Å². The Labute approximate surface area is 145 Å². The minimum atomic E-state index is -0.0443. The molecule has 0 saturated heterocycles. The summed E-state index contributed by atoms with van der Waals surface area (Å²) in [5, 5.41) is 7.03. The molecule has 0 fully saturated rings. The molecule has 120 valence electrons. The van der Waals surface area contributed by atoms with Crippen molar-refractivity contribution in [3.05, 3.63) is 69.8 Å². The number of hydrogen-bond donors (Lipinski definition) is 0. The Kier molecular flexibility index (Phi) is 3.91. The van der Waals surface area contributed by atoms with Crippen LogP contribution in [0.15, 0.2) is 58.1 Å². The van der Waals surface area contributed by atoms with Gasteiger partial charge in [-0.2, -0.15) is 0 Å². The summed E-state index contributed by atoms with van der Waals surface area (Å²) >= 11 is 2.94. The van der Waals surface area contributed by atoms with E-state index in [-0.39, 0.29) is 5.56 Å². The van der Waals surface area contributed by atoms with Crippen LogP contribution in [0.3, 0.4) is 0 Å². The van der Waals surface area contributed by atoms with Gasteiger partial charge >= 0.3 is 0 Å². The highest BCUT2D eigenvalue weighted by atomic mass is 32.2. The van der Waals surface area contributed by atoms with Gasteiger partial charge in [0.2, 0.25) is 5.16 Å². The smallest absolute Gasteiger partial charge is 0.258 e. The van der Waals surface area contributed by atoms with Gasteiger partial charge in [-0.25, -0.2) is 14.6 Å². The molecule has 1 aromatic carbocycles. The Morgan fingerprint density at radius 1 is 1.25 bits per heavy atom. The fourth-order valence-electron chi connectivity index (χ4n) is 2.33. The minimum Gasteiger partial charge on any atom is -0.269 e. The van der Waals surface area contributed by atoms with Gasteiger partial charge in [-0.05, 0) is 19.1 Å². The third kappa shape index (κ3) is 2.85. The third-order valence-corrected chi connectivity index (χ3v) is 5.30.